The van der Waals surface area contributed by atoms with Gasteiger partial charge < -0.3 is 34.9 Å². The van der Waals surface area contributed by atoms with E-state index in [1.807, 2.05) is 36.4 Å². The minimum Gasteiger partial charge on any atom is -0.497 e. The molecule has 3 aromatic carbocycles. The smallest absolute Gasteiger partial charge is 0.242 e. The maximum Gasteiger partial charge on any atom is 0.242 e. The summed E-state index contributed by atoms with van der Waals surface area (Å²) in [6.45, 7) is 3.60. The second kappa shape index (κ2) is 14.0. The number of anilines is 1. The molecule has 2 amide bonds. The van der Waals surface area contributed by atoms with Gasteiger partial charge in [-0.1, -0.05) is 18.2 Å². The largest absolute Gasteiger partial charge is 0.497 e. The number of nitrogens with one attached hydrogen (secondary N) is 3. The molecule has 0 aliphatic heterocycles. The number of amides is 2. The summed E-state index contributed by atoms with van der Waals surface area (Å²) in [5.74, 6) is 1.76. The molecular formula is C33H39N3O7. The van der Waals surface area contributed by atoms with Gasteiger partial charge in [-0.25, -0.2) is 0 Å². The third kappa shape index (κ3) is 7.02. The third-order valence-electron chi connectivity index (χ3n) is 7.55. The fraction of sp³-hybridized carbons (Fsp3) is 0.364. The Morgan fingerprint density at radius 2 is 1.65 bits per heavy atom. The molecule has 0 radical (unpaired) electrons. The van der Waals surface area contributed by atoms with Gasteiger partial charge in [0.05, 0.1) is 40.2 Å². The Kier molecular flexibility index (Phi) is 10.1. The Labute approximate surface area is 251 Å². The van der Waals surface area contributed by atoms with Crippen molar-refractivity contribution in [3.8, 4) is 34.1 Å². The fourth-order valence-corrected chi connectivity index (χ4v) is 5.40. The molecule has 0 aromatic heterocycles. The van der Waals surface area contributed by atoms with E-state index in [1.165, 1.54) is 20.1 Å². The van der Waals surface area contributed by atoms with E-state index in [-0.39, 0.29) is 22.9 Å². The molecule has 3 aromatic rings. The number of benzene rings is 2. The Morgan fingerprint density at radius 3 is 2.28 bits per heavy atom. The molecule has 4 rings (SSSR count). The third-order valence-corrected chi connectivity index (χ3v) is 7.55. The average molecular weight is 590 g/mol. The van der Waals surface area contributed by atoms with Crippen molar-refractivity contribution in [1.82, 2.24) is 10.6 Å². The number of aryl methyl sites for hydroxylation is 1. The first-order valence-electron chi connectivity index (χ1n) is 14.1. The molecule has 0 spiro atoms. The van der Waals surface area contributed by atoms with Crippen LogP contribution >= 0.6 is 0 Å². The van der Waals surface area contributed by atoms with Crippen LogP contribution in [0.1, 0.15) is 43.0 Å². The number of hydrogen-bond donors (Lipinski definition) is 3. The standard InChI is InChI=1S/C33H39N3O7/c1-19(33(39)34-16-15-21-7-10-23(40-3)11-8-21)35-27-14-12-24-25(18-28(27)38)26(36-20(2)37)13-9-22-17-29(41-4)31(42-5)32(43-6)30(22)24/h7-8,10-12,14,17-19,26H,9,13,15-16H2,1-6H3,(H,34,39)(H,35,38)(H,36,37)/t19-,26+/m0/s1. The number of rotatable bonds is 11. The fourth-order valence-electron chi connectivity index (χ4n) is 5.40. The van der Waals surface area contributed by atoms with Crippen molar-refractivity contribution in [2.24, 2.45) is 0 Å². The van der Waals surface area contributed by atoms with Crippen LogP contribution in [0.4, 0.5) is 5.69 Å². The van der Waals surface area contributed by atoms with Gasteiger partial charge in [-0.2, -0.15) is 0 Å². The van der Waals surface area contributed by atoms with Gasteiger partial charge in [-0.15, -0.1) is 0 Å². The van der Waals surface area contributed by atoms with Gasteiger partial charge in [0.1, 0.15) is 11.8 Å². The van der Waals surface area contributed by atoms with Crippen LogP contribution in [0.2, 0.25) is 0 Å². The number of ether oxygens (including phenoxy) is 4. The predicted molar refractivity (Wildman–Crippen MR) is 165 cm³/mol. The summed E-state index contributed by atoms with van der Waals surface area (Å²) in [5.41, 5.74) is 4.07. The van der Waals surface area contributed by atoms with Gasteiger partial charge in [0.2, 0.25) is 23.0 Å². The highest BCUT2D eigenvalue weighted by Gasteiger charge is 2.29. The van der Waals surface area contributed by atoms with Crippen molar-refractivity contribution in [2.45, 2.75) is 45.2 Å². The first-order valence-corrected chi connectivity index (χ1v) is 14.1. The van der Waals surface area contributed by atoms with Gasteiger partial charge in [0.25, 0.3) is 0 Å². The Morgan fingerprint density at radius 1 is 0.930 bits per heavy atom. The van der Waals surface area contributed by atoms with Crippen molar-refractivity contribution in [2.75, 3.05) is 40.3 Å². The highest BCUT2D eigenvalue weighted by Crippen LogP contribution is 2.50. The lowest BCUT2D eigenvalue weighted by molar-refractivity contribution is -0.121. The normalized spacial score (nSPS) is 14.2. The van der Waals surface area contributed by atoms with Crippen LogP contribution in [0.25, 0.3) is 11.1 Å². The molecule has 43 heavy (non-hydrogen) atoms. The molecule has 228 valence electrons. The Balaban J connectivity index is 1.65. The Bertz CT molecular complexity index is 1540. The zero-order chi connectivity index (χ0) is 31.1. The van der Waals surface area contributed by atoms with Crippen LogP contribution in [-0.2, 0) is 22.4 Å². The van der Waals surface area contributed by atoms with Gasteiger partial charge in [0.15, 0.2) is 11.5 Å². The van der Waals surface area contributed by atoms with Crippen molar-refractivity contribution in [3.05, 3.63) is 75.4 Å². The lowest BCUT2D eigenvalue weighted by atomic mass is 9.95. The lowest BCUT2D eigenvalue weighted by Gasteiger charge is -2.19. The molecule has 0 saturated heterocycles. The summed E-state index contributed by atoms with van der Waals surface area (Å²) in [7, 11) is 6.27. The van der Waals surface area contributed by atoms with E-state index >= 15 is 0 Å². The van der Waals surface area contributed by atoms with E-state index in [2.05, 4.69) is 16.0 Å². The summed E-state index contributed by atoms with van der Waals surface area (Å²) in [4.78, 5) is 38.6. The molecule has 0 bridgehead atoms. The summed E-state index contributed by atoms with van der Waals surface area (Å²) in [6.07, 6.45) is 1.81. The monoisotopic (exact) mass is 589 g/mol. The van der Waals surface area contributed by atoms with E-state index in [0.29, 0.717) is 54.2 Å². The maximum absolute atomic E-state index is 13.5. The molecule has 0 unspecified atom stereocenters. The summed E-state index contributed by atoms with van der Waals surface area (Å²) in [6, 6.07) is 13.5. The average Bonchev–Trinajstić information content (AvgIpc) is 3.24. The summed E-state index contributed by atoms with van der Waals surface area (Å²) >= 11 is 0. The van der Waals surface area contributed by atoms with Crippen molar-refractivity contribution in [3.63, 3.8) is 0 Å². The van der Waals surface area contributed by atoms with E-state index in [0.717, 1.165) is 22.4 Å². The molecule has 0 fully saturated rings. The lowest BCUT2D eigenvalue weighted by Crippen LogP contribution is -2.39. The van der Waals surface area contributed by atoms with Gasteiger partial charge in [-0.05, 0) is 78.8 Å². The zero-order valence-electron chi connectivity index (χ0n) is 25.5. The molecule has 10 nitrogen and oxygen atoms in total. The summed E-state index contributed by atoms with van der Waals surface area (Å²) < 4.78 is 22.2. The van der Waals surface area contributed by atoms with Crippen molar-refractivity contribution in [1.29, 1.82) is 0 Å². The van der Waals surface area contributed by atoms with Crippen LogP contribution in [0.15, 0.2) is 53.3 Å². The van der Waals surface area contributed by atoms with Gasteiger partial charge in [0, 0.05) is 19.0 Å². The second-order valence-corrected chi connectivity index (χ2v) is 10.4. The van der Waals surface area contributed by atoms with Crippen LogP contribution in [-0.4, -0.2) is 52.8 Å². The van der Waals surface area contributed by atoms with Crippen LogP contribution in [0.5, 0.6) is 23.0 Å². The van der Waals surface area contributed by atoms with Gasteiger partial charge >= 0.3 is 0 Å². The second-order valence-electron chi connectivity index (χ2n) is 10.4. The predicted octanol–water partition coefficient (Wildman–Crippen LogP) is 4.03. The van der Waals surface area contributed by atoms with Crippen LogP contribution < -0.4 is 40.3 Å². The van der Waals surface area contributed by atoms with E-state index in [4.69, 9.17) is 18.9 Å². The topological polar surface area (TPSA) is 124 Å². The first kappa shape index (κ1) is 31.2. The molecule has 0 saturated carbocycles. The first-order chi connectivity index (χ1) is 20.7. The number of fused-ring (bicyclic) bond motifs is 3. The maximum atomic E-state index is 13.5. The molecule has 2 atom stereocenters. The highest BCUT2D eigenvalue weighted by atomic mass is 16.5. The van der Waals surface area contributed by atoms with Gasteiger partial charge in [-0.3, -0.25) is 14.4 Å². The number of hydrogen-bond acceptors (Lipinski definition) is 8. The zero-order valence-corrected chi connectivity index (χ0v) is 25.5. The number of methoxy groups -OCH3 is 4. The number of carbonyl (C=O) groups is 2. The molecular weight excluding hydrogens is 550 g/mol. The highest BCUT2D eigenvalue weighted by molar-refractivity contribution is 5.85. The SMILES string of the molecule is COc1ccc(CCNC(=O)[C@H](C)Nc2ccc3c(cc2=O)[C@H](NC(C)=O)CCc2cc(OC)c(OC)c(OC)c2-3)cc1. The van der Waals surface area contributed by atoms with Crippen molar-refractivity contribution < 1.29 is 28.5 Å². The summed E-state index contributed by atoms with van der Waals surface area (Å²) in [5, 5.41) is 9.00. The number of carbonyl (C=O) groups excluding carboxylic acids is 2. The minimum absolute atomic E-state index is 0.207. The molecule has 1 aliphatic carbocycles. The van der Waals surface area contributed by atoms with Crippen molar-refractivity contribution >= 4 is 17.5 Å². The van der Waals surface area contributed by atoms with E-state index < -0.39 is 12.1 Å². The van der Waals surface area contributed by atoms with Crippen LogP contribution in [0.3, 0.4) is 0 Å². The molecule has 0 heterocycles. The Hall–Kier alpha value is -4.73. The molecule has 10 heteroatoms. The molecule has 3 N–H and O–H groups in total. The van der Waals surface area contributed by atoms with Crippen LogP contribution in [0, 0.1) is 0 Å². The minimum atomic E-state index is -0.678. The van der Waals surface area contributed by atoms with E-state index in [1.54, 1.807) is 34.3 Å². The molecule has 1 aliphatic rings. The van der Waals surface area contributed by atoms with E-state index in [9.17, 15) is 14.4 Å². The quantitative estimate of drug-likeness (QED) is 0.306.